The normalized spacial score (nSPS) is 24.0. The molecule has 23 heavy (non-hydrogen) atoms. The van der Waals surface area contributed by atoms with Gasteiger partial charge in [-0.2, -0.15) is 4.31 Å². The Morgan fingerprint density at radius 1 is 1.43 bits per heavy atom. The molecule has 6 nitrogen and oxygen atoms in total. The van der Waals surface area contributed by atoms with Gasteiger partial charge in [-0.1, -0.05) is 6.07 Å². The lowest BCUT2D eigenvalue weighted by Crippen LogP contribution is -2.66. The zero-order valence-electron chi connectivity index (χ0n) is 13.5. The van der Waals surface area contributed by atoms with Gasteiger partial charge < -0.3 is 9.47 Å². The van der Waals surface area contributed by atoms with Crippen molar-refractivity contribution in [1.29, 1.82) is 0 Å². The van der Waals surface area contributed by atoms with Crippen LogP contribution >= 0.6 is 0 Å². The predicted molar refractivity (Wildman–Crippen MR) is 86.3 cm³/mol. The van der Waals surface area contributed by atoms with Gasteiger partial charge in [0.2, 0.25) is 10.0 Å². The van der Waals surface area contributed by atoms with Gasteiger partial charge >= 0.3 is 0 Å². The van der Waals surface area contributed by atoms with E-state index in [-0.39, 0.29) is 11.4 Å². The lowest BCUT2D eigenvalue weighted by Gasteiger charge is -2.49. The van der Waals surface area contributed by atoms with Crippen molar-refractivity contribution in [3.63, 3.8) is 0 Å². The maximum absolute atomic E-state index is 11.9. The fourth-order valence-electron chi connectivity index (χ4n) is 3.36. The van der Waals surface area contributed by atoms with Gasteiger partial charge in [0.15, 0.2) is 0 Å². The summed E-state index contributed by atoms with van der Waals surface area (Å²) in [6, 6.07) is 5.78. The highest BCUT2D eigenvalue weighted by Crippen LogP contribution is 2.42. The molecule has 0 aliphatic carbocycles. The van der Waals surface area contributed by atoms with E-state index in [0.29, 0.717) is 38.8 Å². The second kappa shape index (κ2) is 6.84. The van der Waals surface area contributed by atoms with Crippen molar-refractivity contribution < 1.29 is 17.9 Å². The first kappa shape index (κ1) is 16.8. The molecule has 2 aliphatic heterocycles. The number of ether oxygens (including phenoxy) is 2. The Balaban J connectivity index is 1.45. The second-order valence-corrected chi connectivity index (χ2v) is 8.49. The lowest BCUT2D eigenvalue weighted by atomic mass is 9.80. The number of sulfonamides is 1. The van der Waals surface area contributed by atoms with Crippen molar-refractivity contribution in [2.24, 2.45) is 5.92 Å². The number of hydrogen-bond donors (Lipinski definition) is 0. The Kier molecular flexibility index (Phi) is 5.01. The number of pyridine rings is 1. The van der Waals surface area contributed by atoms with E-state index in [1.165, 1.54) is 0 Å². The molecule has 0 amide bonds. The highest BCUT2D eigenvalue weighted by Gasteiger charge is 2.55. The molecule has 0 saturated carbocycles. The summed E-state index contributed by atoms with van der Waals surface area (Å²) in [6.45, 7) is 4.54. The van der Waals surface area contributed by atoms with Crippen molar-refractivity contribution >= 4 is 10.0 Å². The fourth-order valence-corrected chi connectivity index (χ4v) is 4.55. The minimum Gasteiger partial charge on any atom is -0.375 e. The summed E-state index contributed by atoms with van der Waals surface area (Å²) in [5.41, 5.74) is 0.644. The quantitative estimate of drug-likeness (QED) is 0.702. The summed E-state index contributed by atoms with van der Waals surface area (Å²) in [5, 5.41) is 0. The third kappa shape index (κ3) is 3.57. The van der Waals surface area contributed by atoms with Gasteiger partial charge in [-0.25, -0.2) is 8.42 Å². The summed E-state index contributed by atoms with van der Waals surface area (Å²) in [5.74, 6) is 0.524. The van der Waals surface area contributed by atoms with Crippen LogP contribution in [0.4, 0.5) is 0 Å². The van der Waals surface area contributed by atoms with Crippen LogP contribution in [0.15, 0.2) is 24.4 Å². The first-order chi connectivity index (χ1) is 11.1. The van der Waals surface area contributed by atoms with Crippen molar-refractivity contribution in [3.8, 4) is 0 Å². The van der Waals surface area contributed by atoms with E-state index < -0.39 is 10.0 Å². The smallest absolute Gasteiger partial charge is 0.214 e. The van der Waals surface area contributed by atoms with E-state index in [1.807, 2.05) is 18.2 Å². The highest BCUT2D eigenvalue weighted by atomic mass is 32.2. The molecule has 2 saturated heterocycles. The van der Waals surface area contributed by atoms with Gasteiger partial charge in [-0.05, 0) is 37.8 Å². The van der Waals surface area contributed by atoms with E-state index in [2.05, 4.69) is 4.98 Å². The first-order valence-corrected chi connectivity index (χ1v) is 9.76. The molecule has 2 aliphatic rings. The Morgan fingerprint density at radius 2 is 2.26 bits per heavy atom. The van der Waals surface area contributed by atoms with Crippen LogP contribution in [-0.4, -0.2) is 55.4 Å². The molecule has 0 N–H and O–H groups in total. The van der Waals surface area contributed by atoms with E-state index in [0.717, 1.165) is 18.5 Å². The van der Waals surface area contributed by atoms with Crippen LogP contribution in [0.2, 0.25) is 0 Å². The summed E-state index contributed by atoms with van der Waals surface area (Å²) >= 11 is 0. The number of aromatic nitrogens is 1. The molecule has 1 spiro atoms. The van der Waals surface area contributed by atoms with E-state index in [1.54, 1.807) is 17.4 Å². The summed E-state index contributed by atoms with van der Waals surface area (Å²) in [4.78, 5) is 4.23. The zero-order valence-corrected chi connectivity index (χ0v) is 14.3. The fraction of sp³-hybridized carbons (Fsp3) is 0.688. The van der Waals surface area contributed by atoms with Gasteiger partial charge in [0.1, 0.15) is 0 Å². The maximum Gasteiger partial charge on any atom is 0.214 e. The monoisotopic (exact) mass is 340 g/mol. The molecule has 0 aromatic carbocycles. The largest absolute Gasteiger partial charge is 0.375 e. The summed E-state index contributed by atoms with van der Waals surface area (Å²) in [7, 11) is -3.10. The van der Waals surface area contributed by atoms with Crippen molar-refractivity contribution in [1.82, 2.24) is 9.29 Å². The summed E-state index contributed by atoms with van der Waals surface area (Å²) < 4.78 is 36.9. The molecule has 128 valence electrons. The highest BCUT2D eigenvalue weighted by molar-refractivity contribution is 7.89. The minimum atomic E-state index is -3.10. The SMILES string of the molecule is CCS(=O)(=O)N1CC2(C1)OCCC2CCOCc1ccccn1. The molecular formula is C16H24N2O4S. The van der Waals surface area contributed by atoms with Crippen LogP contribution in [-0.2, 0) is 26.1 Å². The van der Waals surface area contributed by atoms with Gasteiger partial charge in [-0.15, -0.1) is 0 Å². The van der Waals surface area contributed by atoms with Gasteiger partial charge in [0, 0.05) is 32.5 Å². The van der Waals surface area contributed by atoms with Crippen molar-refractivity contribution in [3.05, 3.63) is 30.1 Å². The zero-order chi connectivity index (χ0) is 16.3. The lowest BCUT2D eigenvalue weighted by molar-refractivity contribution is -0.105. The van der Waals surface area contributed by atoms with Gasteiger partial charge in [0.05, 0.1) is 23.7 Å². The third-order valence-electron chi connectivity index (χ3n) is 4.83. The number of hydrogen-bond acceptors (Lipinski definition) is 5. The molecular weight excluding hydrogens is 316 g/mol. The van der Waals surface area contributed by atoms with Crippen LogP contribution < -0.4 is 0 Å². The van der Waals surface area contributed by atoms with Crippen LogP contribution in [0.25, 0.3) is 0 Å². The topological polar surface area (TPSA) is 68.7 Å². The Hall–Kier alpha value is -1.02. The number of nitrogens with zero attached hydrogens (tertiary/aromatic N) is 2. The molecule has 1 aromatic heterocycles. The Labute approximate surface area is 137 Å². The van der Waals surface area contributed by atoms with Gasteiger partial charge in [0.25, 0.3) is 0 Å². The molecule has 3 rings (SSSR count). The van der Waals surface area contributed by atoms with Crippen molar-refractivity contribution in [2.45, 2.75) is 32.0 Å². The van der Waals surface area contributed by atoms with Crippen LogP contribution in [0.3, 0.4) is 0 Å². The van der Waals surface area contributed by atoms with Gasteiger partial charge in [-0.3, -0.25) is 4.98 Å². The van der Waals surface area contributed by atoms with Crippen LogP contribution in [0, 0.1) is 5.92 Å². The third-order valence-corrected chi connectivity index (χ3v) is 6.61. The van der Waals surface area contributed by atoms with E-state index >= 15 is 0 Å². The molecule has 7 heteroatoms. The predicted octanol–water partition coefficient (Wildman–Crippen LogP) is 1.43. The van der Waals surface area contributed by atoms with Crippen LogP contribution in [0.5, 0.6) is 0 Å². The van der Waals surface area contributed by atoms with E-state index in [9.17, 15) is 8.42 Å². The molecule has 3 heterocycles. The number of rotatable bonds is 7. The summed E-state index contributed by atoms with van der Waals surface area (Å²) in [6.07, 6.45) is 3.63. The first-order valence-electron chi connectivity index (χ1n) is 8.15. The molecule has 0 bridgehead atoms. The Morgan fingerprint density at radius 3 is 2.96 bits per heavy atom. The Bertz CT molecular complexity index is 614. The maximum atomic E-state index is 11.9. The molecule has 1 unspecified atom stereocenters. The second-order valence-electron chi connectivity index (χ2n) is 6.23. The molecule has 1 aromatic rings. The van der Waals surface area contributed by atoms with E-state index in [4.69, 9.17) is 9.47 Å². The minimum absolute atomic E-state index is 0.154. The molecule has 1 atom stereocenters. The molecule has 0 radical (unpaired) electrons. The molecule has 2 fully saturated rings. The standard InChI is InChI=1S/C16H24N2O4S/c1-2-23(19,20)18-12-16(13-18)14(7-10-22-16)6-9-21-11-15-5-3-4-8-17-15/h3-5,8,14H,2,6-7,9-13H2,1H3. The average molecular weight is 340 g/mol. The van der Waals surface area contributed by atoms with Crippen molar-refractivity contribution in [2.75, 3.05) is 32.1 Å². The van der Waals surface area contributed by atoms with Crippen LogP contribution in [0.1, 0.15) is 25.5 Å². The average Bonchev–Trinajstić information content (AvgIpc) is 2.95.